The van der Waals surface area contributed by atoms with Gasteiger partial charge in [-0.15, -0.1) is 0 Å². The number of carbonyl (C=O) groups is 1. The zero-order valence-electron chi connectivity index (χ0n) is 23.5. The van der Waals surface area contributed by atoms with E-state index in [4.69, 9.17) is 9.47 Å². The lowest BCUT2D eigenvalue weighted by Crippen LogP contribution is -2.18. The fourth-order valence-electron chi connectivity index (χ4n) is 5.54. The Morgan fingerprint density at radius 3 is 1.90 bits per heavy atom. The second-order valence-electron chi connectivity index (χ2n) is 10.7. The summed E-state index contributed by atoms with van der Waals surface area (Å²) in [5.41, 5.74) is 7.43. The number of hydrogen-bond acceptors (Lipinski definition) is 4. The van der Waals surface area contributed by atoms with Crippen LogP contribution in [0.3, 0.4) is 0 Å². The lowest BCUT2D eigenvalue weighted by atomic mass is 9.74. The Morgan fingerprint density at radius 2 is 1.29 bits per heavy atom. The molecule has 6 rings (SSSR count). The average Bonchev–Trinajstić information content (AvgIpc) is 3.03. The summed E-state index contributed by atoms with van der Waals surface area (Å²) in [7, 11) is 0. The van der Waals surface area contributed by atoms with Crippen molar-refractivity contribution in [2.75, 3.05) is 0 Å². The molecule has 42 heavy (non-hydrogen) atoms. The van der Waals surface area contributed by atoms with Crippen LogP contribution in [0.5, 0.6) is 17.2 Å². The normalized spacial score (nSPS) is 14.3. The summed E-state index contributed by atoms with van der Waals surface area (Å²) in [5.74, 6) is 1.71. The van der Waals surface area contributed by atoms with E-state index in [2.05, 4.69) is 13.0 Å². The molecule has 1 aliphatic rings. The molecule has 0 amide bonds. The van der Waals surface area contributed by atoms with Gasteiger partial charge in [0.15, 0.2) is 5.78 Å². The second kappa shape index (κ2) is 12.2. The second-order valence-corrected chi connectivity index (χ2v) is 10.7. The minimum absolute atomic E-state index is 0.0693. The van der Waals surface area contributed by atoms with Gasteiger partial charge in [0.1, 0.15) is 30.5 Å². The van der Waals surface area contributed by atoms with E-state index < -0.39 is 0 Å². The molecule has 0 spiro atoms. The van der Waals surface area contributed by atoms with Gasteiger partial charge >= 0.3 is 0 Å². The van der Waals surface area contributed by atoms with Gasteiger partial charge in [-0.3, -0.25) is 4.79 Å². The van der Waals surface area contributed by atoms with E-state index in [-0.39, 0.29) is 17.5 Å². The third-order valence-electron chi connectivity index (χ3n) is 7.65. The summed E-state index contributed by atoms with van der Waals surface area (Å²) in [6.07, 6.45) is 0.784. The summed E-state index contributed by atoms with van der Waals surface area (Å²) >= 11 is 0. The first-order valence-electron chi connectivity index (χ1n) is 14.2. The number of ether oxygens (including phenoxy) is 2. The van der Waals surface area contributed by atoms with Gasteiger partial charge < -0.3 is 14.6 Å². The van der Waals surface area contributed by atoms with E-state index in [1.54, 1.807) is 24.3 Å². The van der Waals surface area contributed by atoms with E-state index in [1.165, 1.54) is 0 Å². The number of ketones is 1. The third kappa shape index (κ3) is 5.98. The van der Waals surface area contributed by atoms with E-state index in [0.29, 0.717) is 24.4 Å². The Labute approximate surface area is 246 Å². The fraction of sp³-hybridized carbons (Fsp3) is 0.132. The molecule has 0 aromatic heterocycles. The lowest BCUT2D eigenvalue weighted by Gasteiger charge is -2.29. The maximum absolute atomic E-state index is 14.1. The first kappa shape index (κ1) is 27.1. The largest absolute Gasteiger partial charge is 0.508 e. The summed E-state index contributed by atoms with van der Waals surface area (Å²) in [4.78, 5) is 14.1. The maximum Gasteiger partial charge on any atom is 0.193 e. The predicted octanol–water partition coefficient (Wildman–Crippen LogP) is 8.54. The van der Waals surface area contributed by atoms with Crippen LogP contribution in [0, 0.1) is 5.92 Å². The SMILES string of the molecule is CC1Cc2cc(OCc3ccccc3)ccc2C(C(=O)c2ccc(O)cc2)=C1c1ccc(OCc2ccccc2)cc1. The number of phenols is 1. The van der Waals surface area contributed by atoms with E-state index >= 15 is 0 Å². The molecule has 1 unspecified atom stereocenters. The average molecular weight is 553 g/mol. The fourth-order valence-corrected chi connectivity index (χ4v) is 5.54. The Hall–Kier alpha value is -5.09. The number of phenolic OH excluding ortho intramolecular Hbond substituents is 1. The van der Waals surface area contributed by atoms with Gasteiger partial charge in [0.25, 0.3) is 0 Å². The van der Waals surface area contributed by atoms with Gasteiger partial charge in [-0.05, 0) is 94.3 Å². The van der Waals surface area contributed by atoms with Crippen molar-refractivity contribution in [1.82, 2.24) is 0 Å². The number of carbonyl (C=O) groups excluding carboxylic acids is 1. The molecule has 5 aromatic rings. The van der Waals surface area contributed by atoms with Crippen LogP contribution in [0.25, 0.3) is 11.1 Å². The van der Waals surface area contributed by atoms with Gasteiger partial charge in [-0.25, -0.2) is 0 Å². The smallest absolute Gasteiger partial charge is 0.193 e. The van der Waals surface area contributed by atoms with E-state index in [9.17, 15) is 9.90 Å². The minimum Gasteiger partial charge on any atom is -0.508 e. The van der Waals surface area contributed by atoms with Crippen LogP contribution >= 0.6 is 0 Å². The van der Waals surface area contributed by atoms with Crippen molar-refractivity contribution >= 4 is 16.9 Å². The van der Waals surface area contributed by atoms with Gasteiger partial charge in [0, 0.05) is 11.1 Å². The van der Waals surface area contributed by atoms with E-state index in [1.807, 2.05) is 97.1 Å². The first-order chi connectivity index (χ1) is 20.5. The van der Waals surface area contributed by atoms with Crippen LogP contribution in [-0.2, 0) is 19.6 Å². The van der Waals surface area contributed by atoms with Crippen molar-refractivity contribution < 1.29 is 19.4 Å². The van der Waals surface area contributed by atoms with Crippen LogP contribution in [-0.4, -0.2) is 10.9 Å². The molecule has 208 valence electrons. The number of allylic oxidation sites excluding steroid dienone is 2. The molecular formula is C38H32O4. The van der Waals surface area contributed by atoms with Gasteiger partial charge in [-0.1, -0.05) is 85.8 Å². The summed E-state index contributed by atoms with van der Waals surface area (Å²) < 4.78 is 12.1. The highest BCUT2D eigenvalue weighted by atomic mass is 16.5. The number of fused-ring (bicyclic) bond motifs is 1. The lowest BCUT2D eigenvalue weighted by molar-refractivity contribution is 0.105. The molecule has 0 saturated carbocycles. The Morgan fingerprint density at radius 1 is 0.714 bits per heavy atom. The number of hydrogen-bond donors (Lipinski definition) is 1. The van der Waals surface area contributed by atoms with Crippen molar-refractivity contribution in [3.8, 4) is 17.2 Å². The number of aromatic hydroxyl groups is 1. The minimum atomic E-state index is -0.0693. The van der Waals surface area contributed by atoms with Crippen LogP contribution < -0.4 is 9.47 Å². The Bertz CT molecular complexity index is 1700. The summed E-state index contributed by atoms with van der Waals surface area (Å²) in [6, 6.07) is 40.7. The van der Waals surface area contributed by atoms with Crippen molar-refractivity contribution in [1.29, 1.82) is 0 Å². The third-order valence-corrected chi connectivity index (χ3v) is 7.65. The maximum atomic E-state index is 14.1. The molecule has 0 fully saturated rings. The van der Waals surface area contributed by atoms with Crippen LogP contribution in [0.2, 0.25) is 0 Å². The Kier molecular flexibility index (Phi) is 7.87. The van der Waals surface area contributed by atoms with Crippen molar-refractivity contribution in [2.24, 2.45) is 5.92 Å². The molecule has 0 bridgehead atoms. The quantitative estimate of drug-likeness (QED) is 0.186. The predicted molar refractivity (Wildman–Crippen MR) is 167 cm³/mol. The highest BCUT2D eigenvalue weighted by Gasteiger charge is 2.30. The summed E-state index contributed by atoms with van der Waals surface area (Å²) in [5, 5.41) is 9.84. The van der Waals surface area contributed by atoms with Gasteiger partial charge in [0.05, 0.1) is 0 Å². The number of benzene rings is 5. The molecule has 4 nitrogen and oxygen atoms in total. The van der Waals surface area contributed by atoms with Gasteiger partial charge in [-0.2, -0.15) is 0 Å². The highest BCUT2D eigenvalue weighted by Crippen LogP contribution is 2.43. The number of Topliss-reactive ketones (excluding diaryl/α,β-unsaturated/α-hetero) is 1. The Balaban J connectivity index is 1.35. The zero-order chi connectivity index (χ0) is 28.9. The topological polar surface area (TPSA) is 55.8 Å². The van der Waals surface area contributed by atoms with E-state index in [0.717, 1.165) is 51.3 Å². The van der Waals surface area contributed by atoms with Crippen molar-refractivity contribution in [2.45, 2.75) is 26.6 Å². The molecule has 0 radical (unpaired) electrons. The molecule has 5 aromatic carbocycles. The van der Waals surface area contributed by atoms with Crippen LogP contribution in [0.4, 0.5) is 0 Å². The molecular weight excluding hydrogens is 520 g/mol. The van der Waals surface area contributed by atoms with Crippen molar-refractivity contribution in [3.63, 3.8) is 0 Å². The molecule has 1 atom stereocenters. The molecule has 0 saturated heterocycles. The standard InChI is InChI=1S/C38H32O4/c1-26-22-31-23-34(42-25-28-10-6-3-7-11-28)20-21-35(31)37(38(40)30-12-16-32(39)17-13-30)36(26)29-14-18-33(19-15-29)41-24-27-8-4-2-5-9-27/h2-21,23,26,39H,22,24-25H2,1H3. The van der Waals surface area contributed by atoms with Crippen LogP contribution in [0.1, 0.15) is 45.1 Å². The van der Waals surface area contributed by atoms with Gasteiger partial charge in [0.2, 0.25) is 0 Å². The number of rotatable bonds is 9. The monoisotopic (exact) mass is 552 g/mol. The molecule has 1 N–H and O–H groups in total. The first-order valence-corrected chi connectivity index (χ1v) is 14.2. The summed E-state index contributed by atoms with van der Waals surface area (Å²) in [6.45, 7) is 3.14. The molecule has 0 aliphatic heterocycles. The zero-order valence-corrected chi connectivity index (χ0v) is 23.5. The molecule has 0 heterocycles. The highest BCUT2D eigenvalue weighted by molar-refractivity contribution is 6.35. The molecule has 1 aliphatic carbocycles. The van der Waals surface area contributed by atoms with Crippen molar-refractivity contribution in [3.05, 3.63) is 161 Å². The van der Waals surface area contributed by atoms with Crippen LogP contribution in [0.15, 0.2) is 127 Å². The molecule has 4 heteroatoms.